The second-order valence-corrected chi connectivity index (χ2v) is 10.5. The zero-order valence-corrected chi connectivity index (χ0v) is 17.0. The largest absolute Gasteiger partial charge is 0.351 e. The molecule has 0 unspecified atom stereocenters. The smallest absolute Gasteiger partial charge is 0.243 e. The lowest BCUT2D eigenvalue weighted by atomic mass is 10.0. The summed E-state index contributed by atoms with van der Waals surface area (Å²) in [5, 5.41) is 4.99. The number of nitrogens with one attached hydrogen (secondary N) is 1. The van der Waals surface area contributed by atoms with E-state index in [1.807, 2.05) is 36.6 Å². The highest BCUT2D eigenvalue weighted by Crippen LogP contribution is 2.59. The molecule has 1 N–H and O–H groups in total. The fourth-order valence-electron chi connectivity index (χ4n) is 3.99. The van der Waals surface area contributed by atoms with Gasteiger partial charge in [0.2, 0.25) is 15.9 Å². The second-order valence-electron chi connectivity index (χ2n) is 7.50. The van der Waals surface area contributed by atoms with Crippen molar-refractivity contribution >= 4 is 27.3 Å². The SMILES string of the molecule is CCc1ccc(S(=O)(=O)N2CC[C@@]3(C[C@@H]3C(=O)NCc3cccs3)C2)cc1. The lowest BCUT2D eigenvalue weighted by Crippen LogP contribution is -2.31. The third-order valence-electron chi connectivity index (χ3n) is 5.84. The highest BCUT2D eigenvalue weighted by Gasteiger charge is 2.62. The van der Waals surface area contributed by atoms with Gasteiger partial charge < -0.3 is 5.32 Å². The Hall–Kier alpha value is -1.70. The first-order valence-corrected chi connectivity index (χ1v) is 11.7. The Morgan fingerprint density at radius 3 is 2.74 bits per heavy atom. The molecule has 0 bridgehead atoms. The highest BCUT2D eigenvalue weighted by atomic mass is 32.2. The topological polar surface area (TPSA) is 66.5 Å². The molecule has 0 radical (unpaired) electrons. The predicted molar refractivity (Wildman–Crippen MR) is 106 cm³/mol. The molecule has 1 saturated carbocycles. The normalized spacial score (nSPS) is 25.0. The average Bonchev–Trinajstić information content (AvgIpc) is 3.03. The minimum absolute atomic E-state index is 0.0509. The first kappa shape index (κ1) is 18.7. The number of aryl methyl sites for hydroxylation is 1. The Kier molecular flexibility index (Phi) is 4.86. The van der Waals surface area contributed by atoms with Crippen LogP contribution in [0.25, 0.3) is 0 Å². The molecule has 144 valence electrons. The van der Waals surface area contributed by atoms with Gasteiger partial charge in [0.1, 0.15) is 0 Å². The number of carbonyl (C=O) groups excluding carboxylic acids is 1. The third-order valence-corrected chi connectivity index (χ3v) is 8.58. The summed E-state index contributed by atoms with van der Waals surface area (Å²) in [7, 11) is -3.49. The van der Waals surface area contributed by atoms with E-state index >= 15 is 0 Å². The molecule has 2 atom stereocenters. The zero-order chi connectivity index (χ0) is 19.1. The van der Waals surface area contributed by atoms with Crippen molar-refractivity contribution in [3.63, 3.8) is 0 Å². The average molecular weight is 405 g/mol. The van der Waals surface area contributed by atoms with Crippen LogP contribution in [0.1, 0.15) is 30.2 Å². The van der Waals surface area contributed by atoms with Crippen molar-refractivity contribution in [3.8, 4) is 0 Å². The maximum absolute atomic E-state index is 12.9. The molecule has 1 saturated heterocycles. The van der Waals surface area contributed by atoms with Gasteiger partial charge in [0.25, 0.3) is 0 Å². The molecular formula is C20H24N2O3S2. The molecule has 2 aliphatic rings. The number of hydrogen-bond donors (Lipinski definition) is 1. The molecule has 2 heterocycles. The summed E-state index contributed by atoms with van der Waals surface area (Å²) in [6, 6.07) is 11.1. The van der Waals surface area contributed by atoms with E-state index < -0.39 is 10.0 Å². The summed E-state index contributed by atoms with van der Waals surface area (Å²) in [5.74, 6) is -0.0184. The summed E-state index contributed by atoms with van der Waals surface area (Å²) < 4.78 is 27.4. The number of hydrogen-bond acceptors (Lipinski definition) is 4. The van der Waals surface area contributed by atoms with Gasteiger partial charge in [-0.2, -0.15) is 4.31 Å². The maximum atomic E-state index is 12.9. The summed E-state index contributed by atoms with van der Waals surface area (Å²) in [6.07, 6.45) is 2.43. The van der Waals surface area contributed by atoms with E-state index in [1.165, 1.54) is 0 Å². The van der Waals surface area contributed by atoms with Crippen LogP contribution in [-0.4, -0.2) is 31.7 Å². The molecule has 5 nitrogen and oxygen atoms in total. The molecular weight excluding hydrogens is 380 g/mol. The Morgan fingerprint density at radius 2 is 2.07 bits per heavy atom. The van der Waals surface area contributed by atoms with Gasteiger partial charge in [-0.25, -0.2) is 8.42 Å². The van der Waals surface area contributed by atoms with Crippen LogP contribution in [0.15, 0.2) is 46.7 Å². The lowest BCUT2D eigenvalue weighted by Gasteiger charge is -2.17. The summed E-state index contributed by atoms with van der Waals surface area (Å²) in [6.45, 7) is 3.54. The van der Waals surface area contributed by atoms with Crippen LogP contribution in [0.4, 0.5) is 0 Å². The standard InChI is InChI=1S/C20H24N2O3S2/c1-2-15-5-7-17(8-6-15)27(24,25)22-10-9-20(14-22)12-18(20)19(23)21-13-16-4-3-11-26-16/h3-8,11,18H,2,9-10,12-14H2,1H3,(H,21,23)/t18-,20-/m1/s1. The molecule has 1 aliphatic heterocycles. The van der Waals surface area contributed by atoms with Crippen LogP contribution >= 0.6 is 11.3 Å². The summed E-state index contributed by atoms with van der Waals surface area (Å²) >= 11 is 1.62. The summed E-state index contributed by atoms with van der Waals surface area (Å²) in [5.41, 5.74) is 0.951. The van der Waals surface area contributed by atoms with Crippen molar-refractivity contribution in [2.45, 2.75) is 37.6 Å². The molecule has 1 aromatic carbocycles. The predicted octanol–water partition coefficient (Wildman–Crippen LogP) is 3.03. The Labute approximate surface area is 164 Å². The molecule has 2 aromatic rings. The van der Waals surface area contributed by atoms with Crippen LogP contribution < -0.4 is 5.32 Å². The van der Waals surface area contributed by atoms with Crippen molar-refractivity contribution in [3.05, 3.63) is 52.2 Å². The van der Waals surface area contributed by atoms with Gasteiger partial charge in [-0.3, -0.25) is 4.79 Å². The molecule has 1 spiro atoms. The van der Waals surface area contributed by atoms with E-state index in [4.69, 9.17) is 0 Å². The minimum atomic E-state index is -3.49. The number of benzene rings is 1. The lowest BCUT2D eigenvalue weighted by molar-refractivity contribution is -0.123. The summed E-state index contributed by atoms with van der Waals surface area (Å²) in [4.78, 5) is 14.0. The van der Waals surface area contributed by atoms with Crippen LogP contribution in [-0.2, 0) is 27.8 Å². The van der Waals surface area contributed by atoms with Crippen molar-refractivity contribution in [1.29, 1.82) is 0 Å². The number of nitrogens with zero attached hydrogens (tertiary/aromatic N) is 1. The number of sulfonamides is 1. The van der Waals surface area contributed by atoms with Gasteiger partial charge in [0.05, 0.1) is 11.4 Å². The van der Waals surface area contributed by atoms with E-state index in [1.54, 1.807) is 27.8 Å². The number of thiophene rings is 1. The molecule has 1 aliphatic carbocycles. The maximum Gasteiger partial charge on any atom is 0.243 e. The molecule has 27 heavy (non-hydrogen) atoms. The minimum Gasteiger partial charge on any atom is -0.351 e. The second kappa shape index (κ2) is 7.04. The number of rotatable bonds is 6. The van der Waals surface area contributed by atoms with Crippen molar-refractivity contribution < 1.29 is 13.2 Å². The highest BCUT2D eigenvalue weighted by molar-refractivity contribution is 7.89. The molecule has 1 aromatic heterocycles. The first-order chi connectivity index (χ1) is 12.9. The van der Waals surface area contributed by atoms with Crippen molar-refractivity contribution in [2.75, 3.05) is 13.1 Å². The fraction of sp³-hybridized carbons (Fsp3) is 0.450. The van der Waals surface area contributed by atoms with Gasteiger partial charge >= 0.3 is 0 Å². The van der Waals surface area contributed by atoms with E-state index in [-0.39, 0.29) is 17.2 Å². The van der Waals surface area contributed by atoms with Gasteiger partial charge in [0.15, 0.2) is 0 Å². The Balaban J connectivity index is 1.39. The van der Waals surface area contributed by atoms with Crippen LogP contribution in [0.3, 0.4) is 0 Å². The van der Waals surface area contributed by atoms with Crippen molar-refractivity contribution in [2.24, 2.45) is 11.3 Å². The third kappa shape index (κ3) is 3.56. The number of carbonyl (C=O) groups is 1. The van der Waals surface area contributed by atoms with E-state index in [0.717, 1.165) is 29.7 Å². The van der Waals surface area contributed by atoms with Crippen LogP contribution in [0, 0.1) is 11.3 Å². The Morgan fingerprint density at radius 1 is 1.30 bits per heavy atom. The van der Waals surface area contributed by atoms with E-state index in [0.29, 0.717) is 24.5 Å². The first-order valence-electron chi connectivity index (χ1n) is 9.34. The number of amides is 1. The van der Waals surface area contributed by atoms with E-state index in [9.17, 15) is 13.2 Å². The molecule has 1 amide bonds. The van der Waals surface area contributed by atoms with Gasteiger partial charge in [-0.05, 0) is 53.8 Å². The zero-order valence-electron chi connectivity index (χ0n) is 15.3. The van der Waals surface area contributed by atoms with Gasteiger partial charge in [0, 0.05) is 23.9 Å². The van der Waals surface area contributed by atoms with Crippen LogP contribution in [0.2, 0.25) is 0 Å². The van der Waals surface area contributed by atoms with Gasteiger partial charge in [-0.15, -0.1) is 11.3 Å². The Bertz CT molecular complexity index is 923. The quantitative estimate of drug-likeness (QED) is 0.805. The fourth-order valence-corrected chi connectivity index (χ4v) is 6.17. The molecule has 7 heteroatoms. The van der Waals surface area contributed by atoms with E-state index in [2.05, 4.69) is 5.32 Å². The van der Waals surface area contributed by atoms with Crippen LogP contribution in [0.5, 0.6) is 0 Å². The monoisotopic (exact) mass is 404 g/mol. The molecule has 2 fully saturated rings. The van der Waals surface area contributed by atoms with Crippen molar-refractivity contribution in [1.82, 2.24) is 9.62 Å². The van der Waals surface area contributed by atoms with Gasteiger partial charge in [-0.1, -0.05) is 25.1 Å². The molecule has 4 rings (SSSR count).